The Labute approximate surface area is 151 Å². The number of hydrogen-bond acceptors (Lipinski definition) is 3. The Morgan fingerprint density at radius 1 is 1.19 bits per heavy atom. The van der Waals surface area contributed by atoms with Gasteiger partial charge in [0.2, 0.25) is 0 Å². The van der Waals surface area contributed by atoms with Crippen LogP contribution in [0.2, 0.25) is 0 Å². The van der Waals surface area contributed by atoms with E-state index >= 15 is 0 Å². The van der Waals surface area contributed by atoms with E-state index in [0.29, 0.717) is 22.9 Å². The molecule has 1 heterocycles. The molecule has 136 valence electrons. The number of aromatic carboxylic acids is 1. The average molecular weight is 356 g/mol. The topological polar surface area (TPSA) is 69.6 Å². The van der Waals surface area contributed by atoms with Gasteiger partial charge in [0.15, 0.2) is 0 Å². The van der Waals surface area contributed by atoms with Gasteiger partial charge in [-0.3, -0.25) is 4.79 Å². The number of nitrogens with zero attached hydrogens (tertiary/aromatic N) is 1. The molecule has 0 unspecified atom stereocenters. The van der Waals surface area contributed by atoms with E-state index in [1.54, 1.807) is 12.1 Å². The van der Waals surface area contributed by atoms with E-state index in [9.17, 15) is 19.1 Å². The minimum Gasteiger partial charge on any atom is -0.478 e. The average Bonchev–Trinajstić information content (AvgIpc) is 2.62. The first kappa shape index (κ1) is 17.9. The van der Waals surface area contributed by atoms with E-state index in [1.165, 1.54) is 30.3 Å². The molecule has 6 heteroatoms. The van der Waals surface area contributed by atoms with E-state index in [0.717, 1.165) is 25.9 Å². The summed E-state index contributed by atoms with van der Waals surface area (Å²) < 4.78 is 13.0. The third kappa shape index (κ3) is 4.02. The largest absolute Gasteiger partial charge is 0.478 e. The number of carboxylic acids is 1. The second-order valence-corrected chi connectivity index (χ2v) is 6.69. The summed E-state index contributed by atoms with van der Waals surface area (Å²) in [5, 5.41) is 12.3. The Bertz CT molecular complexity index is 820. The van der Waals surface area contributed by atoms with Gasteiger partial charge in [-0.2, -0.15) is 0 Å². The summed E-state index contributed by atoms with van der Waals surface area (Å²) in [6.45, 7) is 3.80. The number of amides is 1. The lowest BCUT2D eigenvalue weighted by molar-refractivity contribution is 0.0697. The maximum absolute atomic E-state index is 13.0. The van der Waals surface area contributed by atoms with Crippen molar-refractivity contribution in [2.24, 2.45) is 5.92 Å². The third-order valence-electron chi connectivity index (χ3n) is 4.59. The molecule has 1 saturated heterocycles. The summed E-state index contributed by atoms with van der Waals surface area (Å²) in [6, 6.07) is 10.1. The fraction of sp³-hybridized carbons (Fsp3) is 0.300. The third-order valence-corrected chi connectivity index (χ3v) is 4.59. The molecule has 0 aliphatic carbocycles. The Kier molecular flexibility index (Phi) is 5.21. The maximum Gasteiger partial charge on any atom is 0.337 e. The SMILES string of the molecule is C[C@@H]1CCCN(c2ccc(NC(=O)c3ccc(F)cc3)cc2C(=O)O)C1. The zero-order chi connectivity index (χ0) is 18.7. The first-order chi connectivity index (χ1) is 12.4. The molecular formula is C20H21FN2O3. The molecule has 1 amide bonds. The molecule has 1 atom stereocenters. The molecular weight excluding hydrogens is 335 g/mol. The Hall–Kier alpha value is -2.89. The van der Waals surface area contributed by atoms with Gasteiger partial charge in [0, 0.05) is 24.3 Å². The number of halogens is 1. The van der Waals surface area contributed by atoms with Crippen molar-refractivity contribution in [3.63, 3.8) is 0 Å². The van der Waals surface area contributed by atoms with Gasteiger partial charge < -0.3 is 15.3 Å². The van der Waals surface area contributed by atoms with E-state index in [1.807, 2.05) is 0 Å². The zero-order valence-electron chi connectivity index (χ0n) is 14.5. The number of carboxylic acid groups (broad SMARTS) is 1. The molecule has 5 nitrogen and oxygen atoms in total. The summed E-state index contributed by atoms with van der Waals surface area (Å²) in [5.41, 5.74) is 1.53. The van der Waals surface area contributed by atoms with Crippen molar-refractivity contribution in [3.05, 3.63) is 59.4 Å². The number of carbonyl (C=O) groups excluding carboxylic acids is 1. The molecule has 26 heavy (non-hydrogen) atoms. The molecule has 0 aromatic heterocycles. The number of piperidine rings is 1. The minimum absolute atomic E-state index is 0.163. The van der Waals surface area contributed by atoms with Crippen molar-refractivity contribution in [1.82, 2.24) is 0 Å². The smallest absolute Gasteiger partial charge is 0.337 e. The number of carbonyl (C=O) groups is 2. The molecule has 1 fully saturated rings. The summed E-state index contributed by atoms with van der Waals surface area (Å²) in [7, 11) is 0. The van der Waals surface area contributed by atoms with E-state index in [-0.39, 0.29) is 5.56 Å². The van der Waals surface area contributed by atoms with Crippen molar-refractivity contribution < 1.29 is 19.1 Å². The highest BCUT2D eigenvalue weighted by Gasteiger charge is 2.22. The van der Waals surface area contributed by atoms with Gasteiger partial charge >= 0.3 is 5.97 Å². The van der Waals surface area contributed by atoms with Gasteiger partial charge in [-0.1, -0.05) is 6.92 Å². The van der Waals surface area contributed by atoms with Crippen molar-refractivity contribution in [3.8, 4) is 0 Å². The van der Waals surface area contributed by atoms with Gasteiger partial charge in [-0.05, 0) is 61.2 Å². The summed E-state index contributed by atoms with van der Waals surface area (Å²) in [5.74, 6) is -1.35. The number of rotatable bonds is 4. The fourth-order valence-electron chi connectivity index (χ4n) is 3.27. The Morgan fingerprint density at radius 3 is 2.58 bits per heavy atom. The van der Waals surface area contributed by atoms with Crippen molar-refractivity contribution >= 4 is 23.3 Å². The lowest BCUT2D eigenvalue weighted by Gasteiger charge is -2.33. The van der Waals surface area contributed by atoms with Crippen LogP contribution in [0.4, 0.5) is 15.8 Å². The molecule has 2 N–H and O–H groups in total. The quantitative estimate of drug-likeness (QED) is 0.868. The van der Waals surface area contributed by atoms with Crippen LogP contribution >= 0.6 is 0 Å². The molecule has 2 aromatic rings. The monoisotopic (exact) mass is 356 g/mol. The van der Waals surface area contributed by atoms with Crippen LogP contribution in [0.3, 0.4) is 0 Å². The molecule has 0 spiro atoms. The standard InChI is InChI=1S/C20H21FN2O3/c1-13-3-2-10-23(12-13)18-9-8-16(11-17(18)20(25)26)22-19(24)14-4-6-15(21)7-5-14/h4-9,11,13H,2-3,10,12H2,1H3,(H,22,24)(H,25,26)/t13-/m1/s1. The highest BCUT2D eigenvalue weighted by molar-refractivity contribution is 6.05. The summed E-state index contributed by atoms with van der Waals surface area (Å²) in [4.78, 5) is 26.0. The van der Waals surface area contributed by atoms with Crippen LogP contribution in [0.15, 0.2) is 42.5 Å². The van der Waals surface area contributed by atoms with Crippen LogP contribution in [0, 0.1) is 11.7 Å². The lowest BCUT2D eigenvalue weighted by atomic mass is 9.98. The molecule has 3 rings (SSSR count). The zero-order valence-corrected chi connectivity index (χ0v) is 14.5. The van der Waals surface area contributed by atoms with Crippen molar-refractivity contribution in [2.45, 2.75) is 19.8 Å². The number of hydrogen-bond donors (Lipinski definition) is 2. The van der Waals surface area contributed by atoms with E-state index in [4.69, 9.17) is 0 Å². The maximum atomic E-state index is 13.0. The highest BCUT2D eigenvalue weighted by atomic mass is 19.1. The van der Waals surface area contributed by atoms with Gasteiger partial charge in [-0.25, -0.2) is 9.18 Å². The number of benzene rings is 2. The summed E-state index contributed by atoms with van der Waals surface area (Å²) in [6.07, 6.45) is 2.17. The molecule has 1 aliphatic heterocycles. The fourth-order valence-corrected chi connectivity index (χ4v) is 3.27. The summed E-state index contributed by atoms with van der Waals surface area (Å²) >= 11 is 0. The van der Waals surface area contributed by atoms with Crippen LogP contribution in [-0.2, 0) is 0 Å². The normalized spacial score (nSPS) is 17.0. The van der Waals surface area contributed by atoms with Crippen LogP contribution in [0.5, 0.6) is 0 Å². The second kappa shape index (κ2) is 7.56. The highest BCUT2D eigenvalue weighted by Crippen LogP contribution is 2.29. The molecule has 0 saturated carbocycles. The second-order valence-electron chi connectivity index (χ2n) is 6.69. The molecule has 2 aromatic carbocycles. The lowest BCUT2D eigenvalue weighted by Crippen LogP contribution is -2.35. The Balaban J connectivity index is 1.83. The number of nitrogens with one attached hydrogen (secondary N) is 1. The molecule has 1 aliphatic rings. The van der Waals surface area contributed by atoms with Crippen LogP contribution < -0.4 is 10.2 Å². The van der Waals surface area contributed by atoms with Crippen molar-refractivity contribution in [1.29, 1.82) is 0 Å². The van der Waals surface area contributed by atoms with E-state index < -0.39 is 17.7 Å². The molecule has 0 bridgehead atoms. The predicted molar refractivity (Wildman–Crippen MR) is 98.4 cm³/mol. The van der Waals surface area contributed by atoms with Gasteiger partial charge in [-0.15, -0.1) is 0 Å². The molecule has 0 radical (unpaired) electrons. The Morgan fingerprint density at radius 2 is 1.92 bits per heavy atom. The van der Waals surface area contributed by atoms with Gasteiger partial charge in [0.1, 0.15) is 5.82 Å². The van der Waals surface area contributed by atoms with Crippen LogP contribution in [0.1, 0.15) is 40.5 Å². The van der Waals surface area contributed by atoms with Gasteiger partial charge in [0.05, 0.1) is 11.3 Å². The first-order valence-electron chi connectivity index (χ1n) is 8.63. The first-order valence-corrected chi connectivity index (χ1v) is 8.63. The number of anilines is 2. The van der Waals surface area contributed by atoms with E-state index in [2.05, 4.69) is 17.1 Å². The predicted octanol–water partition coefficient (Wildman–Crippen LogP) is 4.01. The van der Waals surface area contributed by atoms with Crippen LogP contribution in [-0.4, -0.2) is 30.1 Å². The van der Waals surface area contributed by atoms with Crippen molar-refractivity contribution in [2.75, 3.05) is 23.3 Å². The minimum atomic E-state index is -1.03. The van der Waals surface area contributed by atoms with Gasteiger partial charge in [0.25, 0.3) is 5.91 Å². The van der Waals surface area contributed by atoms with Crippen LogP contribution in [0.25, 0.3) is 0 Å².